The summed E-state index contributed by atoms with van der Waals surface area (Å²) in [7, 11) is 0. The quantitative estimate of drug-likeness (QED) is 0.626. The van der Waals surface area contributed by atoms with Crippen LogP contribution >= 0.6 is 0 Å². The molecule has 4 nitrogen and oxygen atoms in total. The molecule has 0 atom stereocenters. The predicted octanol–water partition coefficient (Wildman–Crippen LogP) is 3.43. The molecule has 0 radical (unpaired) electrons. The molecule has 0 N–H and O–H groups in total. The largest absolute Gasteiger partial charge is 0.494 e. The van der Waals surface area contributed by atoms with E-state index in [0.717, 1.165) is 11.3 Å². The Balaban J connectivity index is 2.22. The molecular formula is C16H19NO3. The van der Waals surface area contributed by atoms with Crippen LogP contribution in [0.5, 0.6) is 5.75 Å². The van der Waals surface area contributed by atoms with E-state index < -0.39 is 5.97 Å². The van der Waals surface area contributed by atoms with Gasteiger partial charge in [-0.3, -0.25) is 0 Å². The van der Waals surface area contributed by atoms with Gasteiger partial charge >= 0.3 is 5.97 Å². The lowest BCUT2D eigenvalue weighted by Crippen LogP contribution is -2.21. The second-order valence-corrected chi connectivity index (χ2v) is 5.59. The maximum atomic E-state index is 11.8. The van der Waals surface area contributed by atoms with Crippen LogP contribution in [-0.4, -0.2) is 18.5 Å². The summed E-state index contributed by atoms with van der Waals surface area (Å²) in [6.07, 6.45) is 1.72. The molecule has 0 aromatic heterocycles. The van der Waals surface area contributed by atoms with E-state index in [-0.39, 0.29) is 5.41 Å². The number of benzene rings is 1. The highest BCUT2D eigenvalue weighted by molar-refractivity contribution is 6.08. The molecule has 1 aliphatic heterocycles. The van der Waals surface area contributed by atoms with Crippen LogP contribution in [0, 0.1) is 5.41 Å². The number of cyclic esters (lactones) is 1. The molecule has 4 heteroatoms. The van der Waals surface area contributed by atoms with Crippen molar-refractivity contribution in [3.8, 4) is 5.75 Å². The van der Waals surface area contributed by atoms with Crippen molar-refractivity contribution in [1.29, 1.82) is 0 Å². The molecule has 1 aromatic carbocycles. The van der Waals surface area contributed by atoms with Crippen LogP contribution in [0.2, 0.25) is 0 Å². The van der Waals surface area contributed by atoms with Crippen LogP contribution in [0.3, 0.4) is 0 Å². The molecule has 0 fully saturated rings. The third kappa shape index (κ3) is 3.26. The standard InChI is InChI=1S/C16H19NO3/c1-5-19-12-8-6-11(7-9-12)10-13-14(18)20-15(17-13)16(2,3)4/h6-10H,5H2,1-4H3. The second kappa shape index (κ2) is 5.49. The van der Waals surface area contributed by atoms with Crippen molar-refractivity contribution in [2.24, 2.45) is 10.4 Å². The molecule has 0 unspecified atom stereocenters. The molecule has 1 aliphatic rings. The Labute approximate surface area is 119 Å². The molecule has 0 saturated carbocycles. The Morgan fingerprint density at radius 1 is 1.25 bits per heavy atom. The molecule has 0 amide bonds. The zero-order valence-electron chi connectivity index (χ0n) is 12.3. The number of rotatable bonds is 3. The summed E-state index contributed by atoms with van der Waals surface area (Å²) in [5.41, 5.74) is 0.947. The van der Waals surface area contributed by atoms with Crippen LogP contribution in [0.15, 0.2) is 35.0 Å². The summed E-state index contributed by atoms with van der Waals surface area (Å²) in [5, 5.41) is 0. The average molecular weight is 273 g/mol. The van der Waals surface area contributed by atoms with Gasteiger partial charge in [0.05, 0.1) is 6.61 Å². The van der Waals surface area contributed by atoms with E-state index in [1.165, 1.54) is 0 Å². The van der Waals surface area contributed by atoms with Gasteiger partial charge in [-0.1, -0.05) is 32.9 Å². The highest BCUT2D eigenvalue weighted by Crippen LogP contribution is 2.26. The van der Waals surface area contributed by atoms with E-state index in [1.807, 2.05) is 52.0 Å². The number of ether oxygens (including phenoxy) is 2. The fourth-order valence-electron chi connectivity index (χ4n) is 1.71. The van der Waals surface area contributed by atoms with Gasteiger partial charge in [-0.15, -0.1) is 0 Å². The Morgan fingerprint density at radius 3 is 2.40 bits per heavy atom. The number of hydrogen-bond donors (Lipinski definition) is 0. The second-order valence-electron chi connectivity index (χ2n) is 5.59. The summed E-state index contributed by atoms with van der Waals surface area (Å²) in [6, 6.07) is 7.50. The zero-order valence-corrected chi connectivity index (χ0v) is 12.3. The van der Waals surface area contributed by atoms with Gasteiger partial charge in [0.25, 0.3) is 0 Å². The van der Waals surface area contributed by atoms with Crippen LogP contribution in [0.4, 0.5) is 0 Å². The van der Waals surface area contributed by atoms with Crippen LogP contribution < -0.4 is 4.74 Å². The Hall–Kier alpha value is -2.10. The predicted molar refractivity (Wildman–Crippen MR) is 78.6 cm³/mol. The highest BCUT2D eigenvalue weighted by Gasteiger charge is 2.31. The number of hydrogen-bond acceptors (Lipinski definition) is 4. The third-order valence-electron chi connectivity index (χ3n) is 2.76. The number of aliphatic imine (C=N–C) groups is 1. The van der Waals surface area contributed by atoms with Crippen molar-refractivity contribution in [2.45, 2.75) is 27.7 Å². The highest BCUT2D eigenvalue weighted by atomic mass is 16.6. The molecule has 20 heavy (non-hydrogen) atoms. The first kappa shape index (κ1) is 14.3. The minimum absolute atomic E-state index is 0.274. The van der Waals surface area contributed by atoms with E-state index in [0.29, 0.717) is 18.2 Å². The van der Waals surface area contributed by atoms with Gasteiger partial charge in [0.1, 0.15) is 5.75 Å². The molecule has 0 aliphatic carbocycles. The fourth-order valence-corrected chi connectivity index (χ4v) is 1.71. The third-order valence-corrected chi connectivity index (χ3v) is 2.76. The van der Waals surface area contributed by atoms with Crippen molar-refractivity contribution < 1.29 is 14.3 Å². The molecule has 106 valence electrons. The van der Waals surface area contributed by atoms with Crippen molar-refractivity contribution >= 4 is 17.9 Å². The van der Waals surface area contributed by atoms with Crippen molar-refractivity contribution in [1.82, 2.24) is 0 Å². The van der Waals surface area contributed by atoms with Crippen molar-refractivity contribution in [3.63, 3.8) is 0 Å². The van der Waals surface area contributed by atoms with Gasteiger partial charge in [-0.05, 0) is 30.7 Å². The maximum absolute atomic E-state index is 11.8. The first-order valence-electron chi connectivity index (χ1n) is 6.66. The maximum Gasteiger partial charge on any atom is 0.363 e. The normalized spacial score (nSPS) is 17.1. The molecular weight excluding hydrogens is 254 g/mol. The van der Waals surface area contributed by atoms with Gasteiger partial charge in [0, 0.05) is 5.41 Å². The topological polar surface area (TPSA) is 47.9 Å². The van der Waals surface area contributed by atoms with Gasteiger partial charge in [0.2, 0.25) is 5.90 Å². The number of nitrogens with zero attached hydrogens (tertiary/aromatic N) is 1. The number of esters is 1. The van der Waals surface area contributed by atoms with Gasteiger partial charge in [-0.2, -0.15) is 0 Å². The number of carbonyl (C=O) groups is 1. The van der Waals surface area contributed by atoms with Crippen molar-refractivity contribution in [2.75, 3.05) is 6.61 Å². The van der Waals surface area contributed by atoms with E-state index in [9.17, 15) is 4.79 Å². The lowest BCUT2D eigenvalue weighted by Gasteiger charge is -2.15. The Morgan fingerprint density at radius 2 is 1.90 bits per heavy atom. The lowest BCUT2D eigenvalue weighted by molar-refractivity contribution is -0.130. The van der Waals surface area contributed by atoms with Gasteiger partial charge < -0.3 is 9.47 Å². The summed E-state index contributed by atoms with van der Waals surface area (Å²) in [4.78, 5) is 16.0. The van der Waals surface area contributed by atoms with Crippen LogP contribution in [-0.2, 0) is 9.53 Å². The summed E-state index contributed by atoms with van der Waals surface area (Å²) in [5.74, 6) is 0.867. The summed E-state index contributed by atoms with van der Waals surface area (Å²) >= 11 is 0. The first-order chi connectivity index (χ1) is 9.40. The lowest BCUT2D eigenvalue weighted by atomic mass is 9.97. The van der Waals surface area contributed by atoms with Crippen LogP contribution in [0.1, 0.15) is 33.3 Å². The van der Waals surface area contributed by atoms with E-state index in [2.05, 4.69) is 4.99 Å². The SMILES string of the molecule is CCOc1ccc(C=C2N=C(C(C)(C)C)OC2=O)cc1. The smallest absolute Gasteiger partial charge is 0.363 e. The monoisotopic (exact) mass is 273 g/mol. The molecule has 0 spiro atoms. The molecule has 1 aromatic rings. The molecule has 0 bridgehead atoms. The number of carbonyl (C=O) groups excluding carboxylic acids is 1. The molecule has 2 rings (SSSR count). The summed E-state index contributed by atoms with van der Waals surface area (Å²) < 4.78 is 10.6. The summed E-state index contributed by atoms with van der Waals surface area (Å²) in [6.45, 7) is 8.44. The van der Waals surface area contributed by atoms with E-state index in [1.54, 1.807) is 6.08 Å². The average Bonchev–Trinajstić information content (AvgIpc) is 2.74. The van der Waals surface area contributed by atoms with Crippen LogP contribution in [0.25, 0.3) is 6.08 Å². The van der Waals surface area contributed by atoms with E-state index in [4.69, 9.17) is 9.47 Å². The first-order valence-corrected chi connectivity index (χ1v) is 6.66. The minimum atomic E-state index is -0.399. The van der Waals surface area contributed by atoms with Gasteiger partial charge in [-0.25, -0.2) is 9.79 Å². The molecule has 1 heterocycles. The fraction of sp³-hybridized carbons (Fsp3) is 0.375. The minimum Gasteiger partial charge on any atom is -0.494 e. The van der Waals surface area contributed by atoms with Crippen molar-refractivity contribution in [3.05, 3.63) is 35.5 Å². The Bertz CT molecular complexity index is 562. The Kier molecular flexibility index (Phi) is 3.93. The molecule has 0 saturated heterocycles. The van der Waals surface area contributed by atoms with Gasteiger partial charge in [0.15, 0.2) is 5.70 Å². The zero-order chi connectivity index (χ0) is 14.8. The van der Waals surface area contributed by atoms with E-state index >= 15 is 0 Å².